The topological polar surface area (TPSA) is 23.5 Å². The molecule has 1 N–H and O–H groups in total. The van der Waals surface area contributed by atoms with E-state index in [2.05, 4.69) is 267 Å². The first-order valence-corrected chi connectivity index (χ1v) is 24.1. The molecule has 0 radical (unpaired) electrons. The van der Waals surface area contributed by atoms with Crippen molar-refractivity contribution in [2.75, 3.05) is 4.90 Å². The van der Waals surface area contributed by atoms with E-state index in [1.54, 1.807) is 0 Å². The monoisotopic (exact) mass is 881 g/mol. The zero-order valence-corrected chi connectivity index (χ0v) is 40.5. The molecule has 0 saturated carbocycles. The van der Waals surface area contributed by atoms with Crippen molar-refractivity contribution >= 4 is 17.1 Å². The van der Waals surface area contributed by atoms with Crippen LogP contribution in [-0.2, 0) is 21.8 Å². The SMILES string of the molecule is CC(C)(C)c1ccc(-c2ccc(C(C)(C)C)cc2C2(O)c3ccccc3-c3cccc(-c4ccc(N(c5ccc(-c6ccccc6)cc5)c5ccc6c(c5)C(C)(C)c5ccccc5-6)cc4)c32)cc1. The largest absolute Gasteiger partial charge is 0.376 e. The summed E-state index contributed by atoms with van der Waals surface area (Å²) in [6, 6.07) is 75.0. The maximum Gasteiger partial charge on any atom is 0.142 e. The van der Waals surface area contributed by atoms with Crippen LogP contribution in [0.2, 0.25) is 0 Å². The number of hydrogen-bond acceptors (Lipinski definition) is 2. The molecule has 9 aromatic rings. The third-order valence-electron chi connectivity index (χ3n) is 14.9. The highest BCUT2D eigenvalue weighted by Crippen LogP contribution is 2.57. The van der Waals surface area contributed by atoms with Crippen molar-refractivity contribution in [3.05, 3.63) is 245 Å². The third-order valence-corrected chi connectivity index (χ3v) is 14.9. The molecule has 0 aromatic heterocycles. The van der Waals surface area contributed by atoms with Crippen molar-refractivity contribution in [2.24, 2.45) is 0 Å². The summed E-state index contributed by atoms with van der Waals surface area (Å²) < 4.78 is 0. The summed E-state index contributed by atoms with van der Waals surface area (Å²) in [5, 5.41) is 14.0. The van der Waals surface area contributed by atoms with Gasteiger partial charge >= 0.3 is 0 Å². The van der Waals surface area contributed by atoms with Crippen molar-refractivity contribution in [1.82, 2.24) is 0 Å². The van der Waals surface area contributed by atoms with Crippen LogP contribution in [0.15, 0.2) is 206 Å². The van der Waals surface area contributed by atoms with Gasteiger partial charge in [0.15, 0.2) is 0 Å². The van der Waals surface area contributed by atoms with E-state index in [0.717, 1.165) is 67.1 Å². The van der Waals surface area contributed by atoms with Crippen molar-refractivity contribution in [3.8, 4) is 55.6 Å². The molecule has 68 heavy (non-hydrogen) atoms. The Kier molecular flexibility index (Phi) is 10.2. The van der Waals surface area contributed by atoms with Crippen molar-refractivity contribution in [1.29, 1.82) is 0 Å². The highest BCUT2D eigenvalue weighted by atomic mass is 16.3. The average Bonchev–Trinajstić information content (AvgIpc) is 3.75. The Morgan fingerprint density at radius 2 is 0.794 bits per heavy atom. The van der Waals surface area contributed by atoms with Crippen LogP contribution in [-0.4, -0.2) is 5.11 Å². The normalized spacial score (nSPS) is 15.6. The molecule has 0 heterocycles. The summed E-state index contributed by atoms with van der Waals surface area (Å²) >= 11 is 0. The molecule has 0 aliphatic heterocycles. The summed E-state index contributed by atoms with van der Waals surface area (Å²) in [6.45, 7) is 18.2. The second-order valence-electron chi connectivity index (χ2n) is 21.5. The van der Waals surface area contributed by atoms with Crippen LogP contribution in [0.3, 0.4) is 0 Å². The third kappa shape index (κ3) is 7.04. The zero-order valence-electron chi connectivity index (χ0n) is 40.5. The van der Waals surface area contributed by atoms with Gasteiger partial charge in [0.1, 0.15) is 5.60 Å². The van der Waals surface area contributed by atoms with Gasteiger partial charge in [-0.25, -0.2) is 0 Å². The molecule has 2 aliphatic carbocycles. The predicted octanol–water partition coefficient (Wildman–Crippen LogP) is 17.3. The molecule has 0 amide bonds. The van der Waals surface area contributed by atoms with Gasteiger partial charge in [-0.15, -0.1) is 0 Å². The fourth-order valence-corrected chi connectivity index (χ4v) is 11.1. The van der Waals surface area contributed by atoms with Gasteiger partial charge in [-0.1, -0.05) is 225 Å². The highest BCUT2D eigenvalue weighted by molar-refractivity contribution is 5.92. The number of aliphatic hydroxyl groups is 1. The molecular formula is C66H59NO. The number of fused-ring (bicyclic) bond motifs is 6. The summed E-state index contributed by atoms with van der Waals surface area (Å²) in [7, 11) is 0. The lowest BCUT2D eigenvalue weighted by atomic mass is 9.75. The number of benzene rings is 9. The molecule has 1 unspecified atom stereocenters. The van der Waals surface area contributed by atoms with Crippen LogP contribution in [0.4, 0.5) is 17.1 Å². The van der Waals surface area contributed by atoms with Gasteiger partial charge in [0.25, 0.3) is 0 Å². The number of anilines is 3. The molecule has 0 bridgehead atoms. The lowest BCUT2D eigenvalue weighted by Crippen LogP contribution is -2.29. The fourth-order valence-electron chi connectivity index (χ4n) is 11.1. The smallest absolute Gasteiger partial charge is 0.142 e. The Morgan fingerprint density at radius 1 is 0.338 bits per heavy atom. The average molecular weight is 882 g/mol. The maximum atomic E-state index is 14.0. The minimum atomic E-state index is -1.44. The minimum absolute atomic E-state index is 0.0259. The van der Waals surface area contributed by atoms with E-state index in [1.165, 1.54) is 44.5 Å². The van der Waals surface area contributed by atoms with Crippen LogP contribution in [0.1, 0.15) is 94.3 Å². The van der Waals surface area contributed by atoms with Crippen LogP contribution in [0.5, 0.6) is 0 Å². The minimum Gasteiger partial charge on any atom is -0.376 e. The van der Waals surface area contributed by atoms with Crippen molar-refractivity contribution in [2.45, 2.75) is 77.2 Å². The van der Waals surface area contributed by atoms with Gasteiger partial charge in [0.2, 0.25) is 0 Å². The van der Waals surface area contributed by atoms with Gasteiger partial charge in [-0.05, 0) is 125 Å². The molecule has 11 rings (SSSR count). The van der Waals surface area contributed by atoms with E-state index < -0.39 is 5.60 Å². The summed E-state index contributed by atoms with van der Waals surface area (Å²) in [6.07, 6.45) is 0. The first-order chi connectivity index (χ1) is 32.6. The van der Waals surface area contributed by atoms with Gasteiger partial charge in [0.05, 0.1) is 0 Å². The van der Waals surface area contributed by atoms with Gasteiger partial charge < -0.3 is 10.0 Å². The van der Waals surface area contributed by atoms with E-state index in [0.29, 0.717) is 0 Å². The predicted molar refractivity (Wildman–Crippen MR) is 286 cm³/mol. The zero-order chi connectivity index (χ0) is 47.2. The lowest BCUT2D eigenvalue weighted by molar-refractivity contribution is 0.131. The molecule has 1 atom stereocenters. The van der Waals surface area contributed by atoms with Crippen LogP contribution >= 0.6 is 0 Å². The number of hydrogen-bond donors (Lipinski definition) is 1. The number of rotatable bonds is 7. The second kappa shape index (κ2) is 15.9. The quantitative estimate of drug-likeness (QED) is 0.172. The molecule has 334 valence electrons. The maximum absolute atomic E-state index is 14.0. The second-order valence-corrected chi connectivity index (χ2v) is 21.5. The lowest BCUT2D eigenvalue weighted by Gasteiger charge is -2.33. The molecule has 0 saturated heterocycles. The van der Waals surface area contributed by atoms with Gasteiger partial charge in [-0.2, -0.15) is 0 Å². The van der Waals surface area contributed by atoms with Gasteiger partial charge in [-0.3, -0.25) is 0 Å². The molecule has 0 spiro atoms. The van der Waals surface area contributed by atoms with E-state index in [4.69, 9.17) is 0 Å². The molecule has 2 nitrogen and oxygen atoms in total. The Balaban J connectivity index is 1.06. The molecular weight excluding hydrogens is 823 g/mol. The molecule has 2 heteroatoms. The van der Waals surface area contributed by atoms with Gasteiger partial charge in [0, 0.05) is 39.2 Å². The first kappa shape index (κ1) is 43.3. The fraction of sp³-hybridized carbons (Fsp3) is 0.182. The first-order valence-electron chi connectivity index (χ1n) is 24.1. The standard InChI is InChI=1S/C66H59NO/c1-63(2,3)47-31-25-45(26-32-47)52-39-33-48(64(4,5)6)41-61(52)66(68)59-24-15-13-20-55(59)57-22-16-21-53(62(57)66)46-29-36-50(37-30-46)67(49-34-27-44(28-35-49)43-17-10-9-11-18-43)51-38-40-56-54-19-12-14-23-58(54)65(7,8)60(56)42-51/h9-42,68H,1-8H3. The Labute approximate surface area is 403 Å². The summed E-state index contributed by atoms with van der Waals surface area (Å²) in [5.74, 6) is 0. The van der Waals surface area contributed by atoms with Crippen molar-refractivity contribution in [3.63, 3.8) is 0 Å². The van der Waals surface area contributed by atoms with E-state index in [-0.39, 0.29) is 16.2 Å². The highest BCUT2D eigenvalue weighted by Gasteiger charge is 2.46. The molecule has 2 aliphatic rings. The Morgan fingerprint density at radius 3 is 1.44 bits per heavy atom. The Bertz CT molecular complexity index is 3360. The number of nitrogens with zero attached hydrogens (tertiary/aromatic N) is 1. The Hall–Kier alpha value is -7.26. The van der Waals surface area contributed by atoms with Crippen LogP contribution in [0, 0.1) is 0 Å². The van der Waals surface area contributed by atoms with E-state index >= 15 is 0 Å². The molecule has 9 aromatic carbocycles. The van der Waals surface area contributed by atoms with E-state index in [9.17, 15) is 5.11 Å². The van der Waals surface area contributed by atoms with Crippen LogP contribution in [0.25, 0.3) is 55.6 Å². The van der Waals surface area contributed by atoms with Crippen molar-refractivity contribution < 1.29 is 5.11 Å². The van der Waals surface area contributed by atoms with Crippen LogP contribution < -0.4 is 4.90 Å². The van der Waals surface area contributed by atoms with E-state index in [1.807, 2.05) is 0 Å². The molecule has 0 fully saturated rings. The summed E-state index contributed by atoms with van der Waals surface area (Å²) in [5.41, 5.74) is 20.7. The summed E-state index contributed by atoms with van der Waals surface area (Å²) in [4.78, 5) is 2.38.